The predicted molar refractivity (Wildman–Crippen MR) is 104 cm³/mol. The number of thioether (sulfide) groups is 1. The predicted octanol–water partition coefficient (Wildman–Crippen LogP) is 2.87. The van der Waals surface area contributed by atoms with Gasteiger partial charge in [-0.1, -0.05) is 18.2 Å². The van der Waals surface area contributed by atoms with Gasteiger partial charge in [-0.15, -0.1) is 11.8 Å². The molecule has 2 unspecified atom stereocenters. The molecule has 1 heterocycles. The van der Waals surface area contributed by atoms with Gasteiger partial charge < -0.3 is 15.0 Å². The number of para-hydroxylation sites is 1. The van der Waals surface area contributed by atoms with Crippen molar-refractivity contribution < 1.29 is 14.3 Å². The largest absolute Gasteiger partial charge is 0.481 e. The van der Waals surface area contributed by atoms with Crippen molar-refractivity contribution in [2.45, 2.75) is 19.1 Å². The molecule has 2 aromatic carbocycles. The minimum absolute atomic E-state index is 0.219. The molecule has 2 atom stereocenters. The second kappa shape index (κ2) is 8.60. The molecule has 0 aromatic heterocycles. The fourth-order valence-corrected chi connectivity index (χ4v) is 3.88. The first-order valence-electron chi connectivity index (χ1n) is 8.49. The van der Waals surface area contributed by atoms with Crippen LogP contribution in [0.2, 0.25) is 0 Å². The first-order chi connectivity index (χ1) is 13.1. The third-order valence-corrected chi connectivity index (χ3v) is 5.17. The van der Waals surface area contributed by atoms with Crippen molar-refractivity contribution in [2.24, 2.45) is 0 Å². The molecule has 0 spiro atoms. The highest BCUT2D eigenvalue weighted by molar-refractivity contribution is 7.99. The van der Waals surface area contributed by atoms with Crippen LogP contribution in [0.15, 0.2) is 54.6 Å². The SMILES string of the molecule is CC(Oc1ccccc1)C(=O)N1CSCC1C(=O)Nc1ccc(C#N)cc1. The number of ether oxygens (including phenoxy) is 1. The zero-order valence-corrected chi connectivity index (χ0v) is 15.6. The fourth-order valence-electron chi connectivity index (χ4n) is 2.72. The number of benzene rings is 2. The Morgan fingerprint density at radius 2 is 1.93 bits per heavy atom. The van der Waals surface area contributed by atoms with Gasteiger partial charge in [0.05, 0.1) is 17.5 Å². The summed E-state index contributed by atoms with van der Waals surface area (Å²) < 4.78 is 5.70. The number of carbonyl (C=O) groups is 2. The Balaban J connectivity index is 1.63. The van der Waals surface area contributed by atoms with Crippen LogP contribution in [-0.2, 0) is 9.59 Å². The number of amides is 2. The van der Waals surface area contributed by atoms with E-state index in [1.54, 1.807) is 48.2 Å². The number of nitriles is 1. The molecule has 1 fully saturated rings. The number of nitrogens with one attached hydrogen (secondary N) is 1. The Kier molecular flexibility index (Phi) is 5.99. The molecule has 0 saturated carbocycles. The maximum absolute atomic E-state index is 12.8. The molecule has 0 radical (unpaired) electrons. The summed E-state index contributed by atoms with van der Waals surface area (Å²) in [6.07, 6.45) is -0.684. The van der Waals surface area contributed by atoms with Crippen molar-refractivity contribution in [3.63, 3.8) is 0 Å². The van der Waals surface area contributed by atoms with E-state index in [2.05, 4.69) is 5.32 Å². The molecule has 1 aliphatic heterocycles. The zero-order chi connectivity index (χ0) is 19.2. The van der Waals surface area contributed by atoms with Gasteiger partial charge in [0, 0.05) is 11.4 Å². The fraction of sp³-hybridized carbons (Fsp3) is 0.250. The van der Waals surface area contributed by atoms with Gasteiger partial charge in [0.1, 0.15) is 11.8 Å². The normalized spacial score (nSPS) is 17.0. The Morgan fingerprint density at radius 1 is 1.22 bits per heavy atom. The van der Waals surface area contributed by atoms with E-state index in [1.165, 1.54) is 11.8 Å². The van der Waals surface area contributed by atoms with Crippen molar-refractivity contribution in [1.82, 2.24) is 4.90 Å². The average Bonchev–Trinajstić information content (AvgIpc) is 3.18. The molecule has 6 nitrogen and oxygen atoms in total. The van der Waals surface area contributed by atoms with Crippen LogP contribution < -0.4 is 10.1 Å². The van der Waals surface area contributed by atoms with Gasteiger partial charge in [-0.2, -0.15) is 5.26 Å². The highest BCUT2D eigenvalue weighted by Crippen LogP contribution is 2.24. The topological polar surface area (TPSA) is 82.4 Å². The lowest BCUT2D eigenvalue weighted by atomic mass is 10.2. The molecule has 3 rings (SSSR count). The van der Waals surface area contributed by atoms with Crippen LogP contribution in [0.3, 0.4) is 0 Å². The second-order valence-corrected chi connectivity index (χ2v) is 7.08. The highest BCUT2D eigenvalue weighted by Gasteiger charge is 2.37. The minimum atomic E-state index is -0.684. The number of anilines is 1. The summed E-state index contributed by atoms with van der Waals surface area (Å²) in [5.41, 5.74) is 1.12. The van der Waals surface area contributed by atoms with Crippen LogP contribution in [0.5, 0.6) is 5.75 Å². The molecular weight excluding hydrogens is 362 g/mol. The van der Waals surface area contributed by atoms with Gasteiger partial charge >= 0.3 is 0 Å². The summed E-state index contributed by atoms with van der Waals surface area (Å²) in [7, 11) is 0. The third kappa shape index (κ3) is 4.60. The van der Waals surface area contributed by atoms with Crippen molar-refractivity contribution in [1.29, 1.82) is 5.26 Å². The molecule has 138 valence electrons. The maximum atomic E-state index is 12.8. The molecule has 1 aliphatic rings. The van der Waals surface area contributed by atoms with Crippen molar-refractivity contribution >= 4 is 29.3 Å². The molecule has 2 amide bonds. The lowest BCUT2D eigenvalue weighted by molar-refractivity contribution is -0.141. The Labute approximate surface area is 162 Å². The molecule has 2 aromatic rings. The van der Waals surface area contributed by atoms with Gasteiger partial charge in [0.25, 0.3) is 5.91 Å². The summed E-state index contributed by atoms with van der Waals surface area (Å²) in [5.74, 6) is 1.14. The number of rotatable bonds is 5. The molecule has 27 heavy (non-hydrogen) atoms. The van der Waals surface area contributed by atoms with Crippen LogP contribution in [0.4, 0.5) is 5.69 Å². The standard InChI is InChI=1S/C20H19N3O3S/c1-14(26-17-5-3-2-4-6-17)20(25)23-13-27-12-18(23)19(24)22-16-9-7-15(11-21)8-10-16/h2-10,14,18H,12-13H2,1H3,(H,22,24). The monoisotopic (exact) mass is 381 g/mol. The number of hydrogen-bond acceptors (Lipinski definition) is 5. The lowest BCUT2D eigenvalue weighted by Gasteiger charge is -2.26. The number of carbonyl (C=O) groups excluding carboxylic acids is 2. The van der Waals surface area contributed by atoms with E-state index in [-0.39, 0.29) is 11.8 Å². The van der Waals surface area contributed by atoms with Gasteiger partial charge in [-0.3, -0.25) is 9.59 Å². The van der Waals surface area contributed by atoms with Crippen molar-refractivity contribution in [2.75, 3.05) is 16.9 Å². The lowest BCUT2D eigenvalue weighted by Crippen LogP contribution is -2.48. The molecule has 1 N–H and O–H groups in total. The molecule has 0 bridgehead atoms. The minimum Gasteiger partial charge on any atom is -0.481 e. The van der Waals surface area contributed by atoms with Crippen LogP contribution >= 0.6 is 11.8 Å². The van der Waals surface area contributed by atoms with E-state index < -0.39 is 12.1 Å². The Hall–Kier alpha value is -2.98. The maximum Gasteiger partial charge on any atom is 0.264 e. The van der Waals surface area contributed by atoms with Crippen molar-refractivity contribution in [3.8, 4) is 11.8 Å². The molecule has 1 saturated heterocycles. The van der Waals surface area contributed by atoms with Gasteiger partial charge in [-0.25, -0.2) is 0 Å². The third-order valence-electron chi connectivity index (χ3n) is 4.15. The van der Waals surface area contributed by atoms with Crippen LogP contribution in [-0.4, -0.2) is 40.5 Å². The smallest absolute Gasteiger partial charge is 0.264 e. The van der Waals surface area contributed by atoms with E-state index >= 15 is 0 Å². The van der Waals surface area contributed by atoms with E-state index in [9.17, 15) is 9.59 Å². The van der Waals surface area contributed by atoms with Gasteiger partial charge in [0.15, 0.2) is 6.10 Å². The Morgan fingerprint density at radius 3 is 2.59 bits per heavy atom. The quantitative estimate of drug-likeness (QED) is 0.861. The Bertz CT molecular complexity index is 849. The molecule has 7 heteroatoms. The first kappa shape index (κ1) is 18.8. The summed E-state index contributed by atoms with van der Waals surface area (Å²) in [6, 6.07) is 17.2. The summed E-state index contributed by atoms with van der Waals surface area (Å²) in [6.45, 7) is 1.69. The van der Waals surface area contributed by atoms with Gasteiger partial charge in [0.2, 0.25) is 5.91 Å². The summed E-state index contributed by atoms with van der Waals surface area (Å²) in [4.78, 5) is 27.0. The molecule has 0 aliphatic carbocycles. The zero-order valence-electron chi connectivity index (χ0n) is 14.8. The number of hydrogen-bond donors (Lipinski definition) is 1. The van der Waals surface area contributed by atoms with E-state index in [1.807, 2.05) is 24.3 Å². The van der Waals surface area contributed by atoms with E-state index in [0.717, 1.165) is 0 Å². The first-order valence-corrected chi connectivity index (χ1v) is 9.65. The van der Waals surface area contributed by atoms with Crippen LogP contribution in [0.25, 0.3) is 0 Å². The summed E-state index contributed by atoms with van der Waals surface area (Å²) >= 11 is 1.53. The van der Waals surface area contributed by atoms with Crippen LogP contribution in [0.1, 0.15) is 12.5 Å². The number of nitrogens with zero attached hydrogens (tertiary/aromatic N) is 2. The van der Waals surface area contributed by atoms with E-state index in [4.69, 9.17) is 10.00 Å². The van der Waals surface area contributed by atoms with Crippen LogP contribution in [0, 0.1) is 11.3 Å². The second-order valence-electron chi connectivity index (χ2n) is 6.08. The highest BCUT2D eigenvalue weighted by atomic mass is 32.2. The van der Waals surface area contributed by atoms with Gasteiger partial charge in [-0.05, 0) is 43.3 Å². The molecular formula is C20H19N3O3S. The summed E-state index contributed by atoms with van der Waals surface area (Å²) in [5, 5.41) is 11.7. The van der Waals surface area contributed by atoms with E-state index in [0.29, 0.717) is 28.6 Å². The van der Waals surface area contributed by atoms with Crippen molar-refractivity contribution in [3.05, 3.63) is 60.2 Å². The average molecular weight is 381 g/mol.